The number of aliphatic hydroxyl groups excluding tert-OH is 1. The second-order valence-electron chi connectivity index (χ2n) is 11.4. The van der Waals surface area contributed by atoms with Gasteiger partial charge in [0.05, 0.1) is 17.9 Å². The molecule has 0 radical (unpaired) electrons. The van der Waals surface area contributed by atoms with Crippen LogP contribution in [-0.4, -0.2) is 96.3 Å². The summed E-state index contributed by atoms with van der Waals surface area (Å²) in [6.45, 7) is 9.97. The van der Waals surface area contributed by atoms with Crippen molar-refractivity contribution in [2.45, 2.75) is 64.2 Å². The second-order valence-corrected chi connectivity index (χ2v) is 11.4. The highest BCUT2D eigenvalue weighted by Gasteiger charge is 2.71. The van der Waals surface area contributed by atoms with Crippen molar-refractivity contribution in [2.75, 3.05) is 55.7 Å². The van der Waals surface area contributed by atoms with Crippen LogP contribution in [0.25, 0.3) is 0 Å². The first-order chi connectivity index (χ1) is 19.9. The van der Waals surface area contributed by atoms with Gasteiger partial charge in [-0.3, -0.25) is 14.4 Å². The van der Waals surface area contributed by atoms with E-state index in [9.17, 15) is 19.5 Å². The van der Waals surface area contributed by atoms with Gasteiger partial charge >= 0.3 is 0 Å². The average Bonchev–Trinajstić information content (AvgIpc) is 3.29. The Labute approximate surface area is 243 Å². The topological polar surface area (TPSA) is 93.6 Å². The first-order valence-electron chi connectivity index (χ1n) is 15.3. The molecule has 41 heavy (non-hydrogen) atoms. The number of unbranched alkanes of at least 4 members (excludes halogenated alkanes) is 2. The first-order valence-corrected chi connectivity index (χ1v) is 15.3. The lowest BCUT2D eigenvalue weighted by atomic mass is 9.77. The van der Waals surface area contributed by atoms with E-state index in [0.717, 1.165) is 37.3 Å². The van der Waals surface area contributed by atoms with E-state index in [0.29, 0.717) is 39.0 Å². The summed E-state index contributed by atoms with van der Waals surface area (Å²) in [5.74, 6) is -1.90. The van der Waals surface area contributed by atoms with Gasteiger partial charge in [-0.15, -0.1) is 0 Å². The number of anilines is 2. The zero-order valence-corrected chi connectivity index (χ0v) is 24.6. The van der Waals surface area contributed by atoms with Crippen LogP contribution < -0.4 is 9.80 Å². The minimum absolute atomic E-state index is 0.0769. The van der Waals surface area contributed by atoms with Crippen LogP contribution in [0.2, 0.25) is 0 Å². The fraction of sp³-hybridized carbons (Fsp3) is 0.594. The van der Waals surface area contributed by atoms with Crippen molar-refractivity contribution in [3.63, 3.8) is 0 Å². The Morgan fingerprint density at radius 3 is 2.37 bits per heavy atom. The lowest BCUT2D eigenvalue weighted by Gasteiger charge is -2.35. The molecule has 0 aromatic heterocycles. The number of likely N-dealkylation sites (tertiary alicyclic amines) is 1. The van der Waals surface area contributed by atoms with Crippen LogP contribution in [0.3, 0.4) is 0 Å². The molecular formula is C32H44N4O5. The number of fused-ring (bicyclic) bond motifs is 2. The predicted octanol–water partition coefficient (Wildman–Crippen LogP) is 2.99. The van der Waals surface area contributed by atoms with E-state index < -0.39 is 29.6 Å². The minimum atomic E-state index is -1.22. The number of carbonyl (C=O) groups excluding carboxylic acids is 3. The molecule has 9 nitrogen and oxygen atoms in total. The first kappa shape index (κ1) is 29.3. The Morgan fingerprint density at radius 1 is 0.927 bits per heavy atom. The maximum Gasteiger partial charge on any atom is 0.253 e. The molecule has 1 aromatic rings. The molecule has 5 atom stereocenters. The van der Waals surface area contributed by atoms with Crippen LogP contribution in [0.5, 0.6) is 0 Å². The van der Waals surface area contributed by atoms with Crippen LogP contribution in [0.4, 0.5) is 11.4 Å². The van der Waals surface area contributed by atoms with Gasteiger partial charge in [0.15, 0.2) is 0 Å². The van der Waals surface area contributed by atoms with Crippen molar-refractivity contribution in [3.05, 3.63) is 48.6 Å². The van der Waals surface area contributed by atoms with Crippen LogP contribution >= 0.6 is 0 Å². The van der Waals surface area contributed by atoms with E-state index in [1.165, 1.54) is 0 Å². The second kappa shape index (κ2) is 12.4. The number of amides is 3. The van der Waals surface area contributed by atoms with Gasteiger partial charge in [-0.25, -0.2) is 0 Å². The summed E-state index contributed by atoms with van der Waals surface area (Å²) in [6.07, 6.45) is 9.98. The molecule has 0 aliphatic carbocycles. The van der Waals surface area contributed by atoms with E-state index >= 15 is 0 Å². The van der Waals surface area contributed by atoms with Gasteiger partial charge in [-0.2, -0.15) is 0 Å². The minimum Gasteiger partial charge on any atom is -0.396 e. The molecule has 4 heterocycles. The number of rotatable bonds is 11. The van der Waals surface area contributed by atoms with Gasteiger partial charge in [0, 0.05) is 57.3 Å². The molecule has 222 valence electrons. The summed E-state index contributed by atoms with van der Waals surface area (Å²) in [6, 6.07) is 7.12. The standard InChI is InChI=1S/C32H44N4O5/c1-4-18-34-19-10-12-25-26(29(34)38)27-30(39)36(20-8-7-9-22-37)28-31(40)35(21-11-17-32(27,28)41-25)24-15-13-23(14-16-24)33(5-2)6-3/h10-17,25-28,37H,4-9,18-22H2,1-3H3/t25-,26+,27+,28?,32+/m1/s1. The largest absolute Gasteiger partial charge is 0.396 e. The highest BCUT2D eigenvalue weighted by Crippen LogP contribution is 2.53. The van der Waals surface area contributed by atoms with E-state index in [1.54, 1.807) is 9.80 Å². The Hall–Kier alpha value is -3.17. The van der Waals surface area contributed by atoms with Crippen molar-refractivity contribution < 1.29 is 24.2 Å². The molecule has 9 heteroatoms. The Bertz CT molecular complexity index is 1180. The summed E-state index contributed by atoms with van der Waals surface area (Å²) in [5, 5.41) is 9.28. The molecule has 1 N–H and O–H groups in total. The molecule has 4 aliphatic heterocycles. The number of carbonyl (C=O) groups is 3. The number of benzene rings is 1. The van der Waals surface area contributed by atoms with Gasteiger partial charge in [-0.1, -0.05) is 31.2 Å². The third kappa shape index (κ3) is 5.07. The summed E-state index contributed by atoms with van der Waals surface area (Å²) >= 11 is 0. The molecule has 5 rings (SSSR count). The summed E-state index contributed by atoms with van der Waals surface area (Å²) in [7, 11) is 0. The predicted molar refractivity (Wildman–Crippen MR) is 159 cm³/mol. The van der Waals surface area contributed by atoms with Gasteiger partial charge < -0.3 is 29.4 Å². The highest BCUT2D eigenvalue weighted by molar-refractivity contribution is 6.05. The van der Waals surface area contributed by atoms with Crippen LogP contribution in [0.1, 0.15) is 46.5 Å². The normalized spacial score (nSPS) is 29.0. The van der Waals surface area contributed by atoms with Crippen LogP contribution in [-0.2, 0) is 19.1 Å². The van der Waals surface area contributed by atoms with Crippen molar-refractivity contribution in [2.24, 2.45) is 11.8 Å². The number of ether oxygens (including phenoxy) is 1. The molecule has 3 amide bonds. The molecular weight excluding hydrogens is 520 g/mol. The molecule has 0 saturated carbocycles. The van der Waals surface area contributed by atoms with Crippen molar-refractivity contribution in [1.82, 2.24) is 9.80 Å². The number of hydrogen-bond acceptors (Lipinski definition) is 6. The zero-order chi connectivity index (χ0) is 29.1. The van der Waals surface area contributed by atoms with E-state index in [-0.39, 0.29) is 24.3 Å². The molecule has 2 fully saturated rings. The summed E-state index contributed by atoms with van der Waals surface area (Å²) in [4.78, 5) is 50.1. The summed E-state index contributed by atoms with van der Waals surface area (Å²) in [5.41, 5.74) is 0.642. The van der Waals surface area contributed by atoms with Gasteiger partial charge in [-0.05, 0) is 63.8 Å². The Morgan fingerprint density at radius 2 is 1.68 bits per heavy atom. The third-order valence-electron chi connectivity index (χ3n) is 9.08. The number of nitrogens with zero attached hydrogens (tertiary/aromatic N) is 4. The van der Waals surface area contributed by atoms with Gasteiger partial charge in [0.1, 0.15) is 11.6 Å². The lowest BCUT2D eigenvalue weighted by molar-refractivity contribution is -0.144. The lowest BCUT2D eigenvalue weighted by Crippen LogP contribution is -2.55. The number of hydrogen-bond donors (Lipinski definition) is 1. The molecule has 1 aromatic carbocycles. The zero-order valence-electron chi connectivity index (χ0n) is 24.6. The maximum absolute atomic E-state index is 14.5. The molecule has 1 spiro atoms. The molecule has 1 unspecified atom stereocenters. The Balaban J connectivity index is 1.52. The van der Waals surface area contributed by atoms with Crippen LogP contribution in [0, 0.1) is 11.8 Å². The van der Waals surface area contributed by atoms with Gasteiger partial charge in [0.2, 0.25) is 11.8 Å². The van der Waals surface area contributed by atoms with Gasteiger partial charge in [0.25, 0.3) is 5.91 Å². The maximum atomic E-state index is 14.5. The van der Waals surface area contributed by atoms with E-state index in [2.05, 4.69) is 18.7 Å². The smallest absolute Gasteiger partial charge is 0.253 e. The quantitative estimate of drug-likeness (QED) is 0.328. The van der Waals surface area contributed by atoms with Crippen LogP contribution in [0.15, 0.2) is 48.6 Å². The monoisotopic (exact) mass is 564 g/mol. The SMILES string of the molecule is CCCN1CC=C[C@H]2O[C@]34C=CCN(c5ccc(N(CC)CC)cc5)C(=O)C3N(CCCCCO)C(=O)[C@@H]4[C@H]2C1=O. The van der Waals surface area contributed by atoms with Crippen molar-refractivity contribution >= 4 is 29.1 Å². The van der Waals surface area contributed by atoms with Crippen molar-refractivity contribution in [1.29, 1.82) is 0 Å². The summed E-state index contributed by atoms with van der Waals surface area (Å²) < 4.78 is 6.72. The fourth-order valence-corrected chi connectivity index (χ4v) is 7.13. The molecule has 2 saturated heterocycles. The number of aliphatic hydroxyl groups is 1. The molecule has 0 bridgehead atoms. The third-order valence-corrected chi connectivity index (χ3v) is 9.08. The average molecular weight is 565 g/mol. The Kier molecular flexibility index (Phi) is 8.85. The highest BCUT2D eigenvalue weighted by atomic mass is 16.5. The van der Waals surface area contributed by atoms with E-state index in [4.69, 9.17) is 4.74 Å². The molecule has 4 aliphatic rings. The fourth-order valence-electron chi connectivity index (χ4n) is 7.13. The van der Waals surface area contributed by atoms with Crippen molar-refractivity contribution in [3.8, 4) is 0 Å². The van der Waals surface area contributed by atoms with E-state index in [1.807, 2.05) is 60.4 Å².